The molecule has 0 radical (unpaired) electrons. The minimum atomic E-state index is -0.167. The van der Waals surface area contributed by atoms with Gasteiger partial charge in [-0.1, -0.05) is 6.58 Å². The predicted octanol–water partition coefficient (Wildman–Crippen LogP) is 2.50. The number of carbonyl (C=O) groups excluding carboxylic acids is 1. The van der Waals surface area contributed by atoms with E-state index in [9.17, 15) is 4.79 Å². The first-order valence-corrected chi connectivity index (χ1v) is 5.50. The summed E-state index contributed by atoms with van der Waals surface area (Å²) in [5, 5.41) is 31.8. The van der Waals surface area contributed by atoms with Gasteiger partial charge < -0.3 is 20.4 Å². The Labute approximate surface area is 131 Å². The molecule has 0 spiro atoms. The first-order chi connectivity index (χ1) is 8.00. The van der Waals surface area contributed by atoms with E-state index >= 15 is 0 Å². The summed E-state index contributed by atoms with van der Waals surface area (Å²) in [4.78, 5) is 10.0. The topological polar surface area (TPSA) is 98.0 Å². The van der Waals surface area contributed by atoms with Gasteiger partial charge in [0.1, 0.15) is 0 Å². The fraction of sp³-hybridized carbons (Fsp3) is 0.615. The van der Waals surface area contributed by atoms with E-state index in [0.717, 1.165) is 6.26 Å². The molecule has 0 aliphatic rings. The molecule has 6 heteroatoms. The molecule has 0 unspecified atom stereocenters. The van der Waals surface area contributed by atoms with E-state index in [1.807, 2.05) is 0 Å². The third-order valence-corrected chi connectivity index (χ3v) is 0.412. The van der Waals surface area contributed by atoms with Gasteiger partial charge >= 0.3 is 0 Å². The SMILES string of the molecule is C=CO.CC(=O)C=C(C)O.CC(C)O.CC(C)O.[Ti]. The van der Waals surface area contributed by atoms with Gasteiger partial charge in [-0.2, -0.15) is 0 Å². The molecule has 0 saturated carbocycles. The first kappa shape index (κ1) is 31.0. The van der Waals surface area contributed by atoms with Crippen LogP contribution in [0, 0.1) is 0 Å². The molecule has 0 aromatic rings. The minimum Gasteiger partial charge on any atom is -0.516 e. The maximum atomic E-state index is 10.0. The molecule has 0 rings (SSSR count). The Bertz CT molecular complexity index is 198. The Kier molecular flexibility index (Phi) is 42.5. The summed E-state index contributed by atoms with van der Waals surface area (Å²) in [6.07, 6.45) is 1.58. The molecule has 0 bridgehead atoms. The molecule has 4 N–H and O–H groups in total. The predicted molar refractivity (Wildman–Crippen MR) is 74.6 cm³/mol. The van der Waals surface area contributed by atoms with Crippen LogP contribution in [0.1, 0.15) is 41.5 Å². The smallest absolute Gasteiger partial charge is 0.155 e. The number of aliphatic hydroxyl groups excluding tert-OH is 4. The molecule has 19 heavy (non-hydrogen) atoms. The number of allylic oxidation sites excluding steroid dienone is 2. The number of aliphatic hydroxyl groups is 4. The first-order valence-electron chi connectivity index (χ1n) is 5.50. The summed E-state index contributed by atoms with van der Waals surface area (Å²) in [5.41, 5.74) is 0. The van der Waals surface area contributed by atoms with Crippen molar-refractivity contribution in [1.29, 1.82) is 0 Å². The zero-order valence-corrected chi connectivity index (χ0v) is 14.3. The van der Waals surface area contributed by atoms with Crippen molar-refractivity contribution >= 4 is 5.78 Å². The van der Waals surface area contributed by atoms with Gasteiger partial charge in [0.25, 0.3) is 0 Å². The van der Waals surface area contributed by atoms with E-state index in [1.165, 1.54) is 19.9 Å². The number of ketones is 1. The van der Waals surface area contributed by atoms with Crippen LogP contribution in [0.15, 0.2) is 24.7 Å². The van der Waals surface area contributed by atoms with Gasteiger partial charge in [-0.3, -0.25) is 4.79 Å². The van der Waals surface area contributed by atoms with Crippen LogP contribution < -0.4 is 0 Å². The van der Waals surface area contributed by atoms with Crippen molar-refractivity contribution in [3.05, 3.63) is 24.7 Å². The van der Waals surface area contributed by atoms with Crippen molar-refractivity contribution in [2.75, 3.05) is 0 Å². The zero-order chi connectivity index (χ0) is 15.7. The molecule has 0 aliphatic heterocycles. The Balaban J connectivity index is -0.0000000478. The van der Waals surface area contributed by atoms with E-state index < -0.39 is 0 Å². The van der Waals surface area contributed by atoms with Crippen LogP contribution in [0.4, 0.5) is 0 Å². The van der Waals surface area contributed by atoms with Crippen LogP contribution in [-0.2, 0) is 26.5 Å². The van der Waals surface area contributed by atoms with E-state index in [0.29, 0.717) is 0 Å². The van der Waals surface area contributed by atoms with Crippen molar-refractivity contribution < 1.29 is 46.9 Å². The summed E-state index contributed by atoms with van der Waals surface area (Å²) in [6, 6.07) is 0. The molecule has 0 aliphatic carbocycles. The third kappa shape index (κ3) is 359. The molecule has 0 heterocycles. The average Bonchev–Trinajstić information content (AvgIpc) is 1.98. The van der Waals surface area contributed by atoms with Crippen LogP contribution >= 0.6 is 0 Å². The standard InChI is InChI=1S/C5H8O2.2C3H8O.C2H4O.Ti/c1-4(6)3-5(2)7;2*1-3(2)4;1-2-3;/h3,6H,1-2H3;2*3-4H,1-2H3;2-3H,1H2;. The molecule has 0 amide bonds. The quantitative estimate of drug-likeness (QED) is 0.339. The van der Waals surface area contributed by atoms with E-state index in [2.05, 4.69) is 6.58 Å². The summed E-state index contributed by atoms with van der Waals surface area (Å²) >= 11 is 0. The molecule has 0 saturated heterocycles. The van der Waals surface area contributed by atoms with Crippen molar-refractivity contribution in [1.82, 2.24) is 0 Å². The van der Waals surface area contributed by atoms with Crippen molar-refractivity contribution in [3.8, 4) is 0 Å². The second-order valence-electron chi connectivity index (χ2n) is 3.77. The van der Waals surface area contributed by atoms with E-state index in [4.69, 9.17) is 20.4 Å². The van der Waals surface area contributed by atoms with Gasteiger partial charge in [-0.25, -0.2) is 0 Å². The fourth-order valence-corrected chi connectivity index (χ4v) is 0.294. The Morgan fingerprint density at radius 2 is 1.21 bits per heavy atom. The molecule has 0 aromatic heterocycles. The van der Waals surface area contributed by atoms with Gasteiger partial charge in [0.15, 0.2) is 5.78 Å². The molecule has 114 valence electrons. The van der Waals surface area contributed by atoms with Crippen LogP contribution in [0.2, 0.25) is 0 Å². The second kappa shape index (κ2) is 26.1. The average molecular weight is 312 g/mol. The van der Waals surface area contributed by atoms with Crippen LogP contribution in [-0.4, -0.2) is 38.4 Å². The van der Waals surface area contributed by atoms with Crippen LogP contribution in [0.25, 0.3) is 0 Å². The monoisotopic (exact) mass is 312 g/mol. The van der Waals surface area contributed by atoms with Gasteiger partial charge in [0.05, 0.1) is 12.0 Å². The van der Waals surface area contributed by atoms with Gasteiger partial charge in [0, 0.05) is 40.0 Å². The third-order valence-electron chi connectivity index (χ3n) is 0.412. The fourth-order valence-electron chi connectivity index (χ4n) is 0.294. The van der Waals surface area contributed by atoms with E-state index in [-0.39, 0.29) is 45.5 Å². The molecule has 0 aromatic carbocycles. The maximum absolute atomic E-state index is 10.0. The largest absolute Gasteiger partial charge is 0.516 e. The minimum absolute atomic E-state index is 0. The Morgan fingerprint density at radius 3 is 1.21 bits per heavy atom. The zero-order valence-electron chi connectivity index (χ0n) is 12.7. The molecule has 0 atom stereocenters. The molecule has 5 nitrogen and oxygen atoms in total. The summed E-state index contributed by atoms with van der Waals surface area (Å²) < 4.78 is 0. The summed E-state index contributed by atoms with van der Waals surface area (Å²) in [7, 11) is 0. The summed E-state index contributed by atoms with van der Waals surface area (Å²) in [6.45, 7) is 12.7. The number of hydrogen-bond acceptors (Lipinski definition) is 5. The van der Waals surface area contributed by atoms with E-state index in [1.54, 1.807) is 27.7 Å². The van der Waals surface area contributed by atoms with Gasteiger partial charge in [-0.05, 0) is 41.5 Å². The second-order valence-corrected chi connectivity index (χ2v) is 3.77. The summed E-state index contributed by atoms with van der Waals surface area (Å²) in [5.74, 6) is -0.0625. The number of rotatable bonds is 1. The van der Waals surface area contributed by atoms with Crippen LogP contribution in [0.5, 0.6) is 0 Å². The maximum Gasteiger partial charge on any atom is 0.155 e. The number of hydrogen-bond donors (Lipinski definition) is 4. The van der Waals surface area contributed by atoms with Crippen molar-refractivity contribution in [3.63, 3.8) is 0 Å². The Hall–Kier alpha value is -0.616. The normalized spacial score (nSPS) is 8.63. The molecular weight excluding hydrogens is 284 g/mol. The van der Waals surface area contributed by atoms with Crippen molar-refractivity contribution in [2.24, 2.45) is 0 Å². The van der Waals surface area contributed by atoms with Crippen LogP contribution in [0.3, 0.4) is 0 Å². The Morgan fingerprint density at radius 1 is 1.05 bits per heavy atom. The molecule has 0 fully saturated rings. The van der Waals surface area contributed by atoms with Crippen molar-refractivity contribution in [2.45, 2.75) is 53.8 Å². The van der Waals surface area contributed by atoms with Gasteiger partial charge in [0.2, 0.25) is 0 Å². The van der Waals surface area contributed by atoms with Gasteiger partial charge in [-0.15, -0.1) is 0 Å². The number of carbonyl (C=O) groups is 1. The molecular formula is C13H28O5Ti.